The number of nitrogens with zero attached hydrogens (tertiary/aromatic N) is 2. The minimum atomic E-state index is -4.23. The highest BCUT2D eigenvalue weighted by molar-refractivity contribution is 7.98. The van der Waals surface area contributed by atoms with Crippen LogP contribution in [0.2, 0.25) is 0 Å². The zero-order chi connectivity index (χ0) is 31.1. The van der Waals surface area contributed by atoms with Crippen LogP contribution in [0, 0.1) is 5.82 Å². The smallest absolute Gasteiger partial charge is 0.264 e. The topological polar surface area (TPSA) is 96.0 Å². The van der Waals surface area contributed by atoms with Crippen LogP contribution < -0.4 is 14.4 Å². The lowest BCUT2D eigenvalue weighted by Crippen LogP contribution is -2.54. The van der Waals surface area contributed by atoms with Crippen LogP contribution in [0.3, 0.4) is 0 Å². The second-order valence-electron chi connectivity index (χ2n) is 10.6. The van der Waals surface area contributed by atoms with Crippen LogP contribution in [0.25, 0.3) is 0 Å². The second-order valence-corrected chi connectivity index (χ2v) is 13.4. The van der Waals surface area contributed by atoms with E-state index in [0.717, 1.165) is 9.20 Å². The molecule has 0 aliphatic rings. The Balaban J connectivity index is 2.06. The van der Waals surface area contributed by atoms with Crippen LogP contribution in [-0.4, -0.2) is 56.1 Å². The normalized spacial score (nSPS) is 12.4. The van der Waals surface area contributed by atoms with Crippen LogP contribution in [0.5, 0.6) is 5.75 Å². The van der Waals surface area contributed by atoms with Gasteiger partial charge in [0, 0.05) is 22.5 Å². The maximum absolute atomic E-state index is 14.7. The van der Waals surface area contributed by atoms with Crippen molar-refractivity contribution in [3.63, 3.8) is 0 Å². The van der Waals surface area contributed by atoms with Gasteiger partial charge in [-0.2, -0.15) is 0 Å². The third-order valence-corrected chi connectivity index (χ3v) is 8.86. The number of carbonyl (C=O) groups is 2. The molecule has 0 fully saturated rings. The Morgan fingerprint density at radius 2 is 1.62 bits per heavy atom. The summed E-state index contributed by atoms with van der Waals surface area (Å²) in [4.78, 5) is 29.2. The lowest BCUT2D eigenvalue weighted by atomic mass is 10.1. The van der Waals surface area contributed by atoms with E-state index in [0.29, 0.717) is 12.4 Å². The number of nitrogens with one attached hydrogen (secondary N) is 1. The fraction of sp³-hybridized carbons (Fsp3) is 0.355. The van der Waals surface area contributed by atoms with Gasteiger partial charge in [0.15, 0.2) is 0 Å². The summed E-state index contributed by atoms with van der Waals surface area (Å²) in [6.07, 6.45) is 1.88. The summed E-state index contributed by atoms with van der Waals surface area (Å²) >= 11 is 1.47. The van der Waals surface area contributed by atoms with E-state index in [4.69, 9.17) is 4.74 Å². The van der Waals surface area contributed by atoms with E-state index in [1.54, 1.807) is 42.5 Å². The average Bonchev–Trinajstić information content (AvgIpc) is 2.94. The van der Waals surface area contributed by atoms with Gasteiger partial charge in [-0.3, -0.25) is 13.9 Å². The van der Waals surface area contributed by atoms with Crippen LogP contribution in [0.4, 0.5) is 10.1 Å². The van der Waals surface area contributed by atoms with Gasteiger partial charge in [0.1, 0.15) is 24.2 Å². The van der Waals surface area contributed by atoms with Crippen molar-refractivity contribution in [2.24, 2.45) is 0 Å². The molecule has 1 atom stereocenters. The van der Waals surface area contributed by atoms with Crippen LogP contribution in [0.15, 0.2) is 82.6 Å². The Kier molecular flexibility index (Phi) is 11.0. The average molecular weight is 616 g/mol. The third kappa shape index (κ3) is 8.48. The quantitative estimate of drug-likeness (QED) is 0.272. The minimum Gasteiger partial charge on any atom is -0.494 e. The first-order chi connectivity index (χ1) is 19.8. The molecule has 0 unspecified atom stereocenters. The zero-order valence-electron chi connectivity index (χ0n) is 24.8. The molecule has 0 aliphatic heterocycles. The highest BCUT2D eigenvalue weighted by Crippen LogP contribution is 2.28. The Labute approximate surface area is 252 Å². The van der Waals surface area contributed by atoms with Crippen molar-refractivity contribution >= 4 is 39.3 Å². The maximum Gasteiger partial charge on any atom is 0.264 e. The van der Waals surface area contributed by atoms with E-state index in [-0.39, 0.29) is 22.7 Å². The SMILES string of the molecule is CCOc1ccc(N(CC(=O)N(Cc2ccccc2F)[C@H](C)C(=O)NC(C)(C)C)S(=O)(=O)c2ccc(SC)cc2)cc1. The molecule has 11 heteroatoms. The number of thioether (sulfide) groups is 1. The first-order valence-electron chi connectivity index (χ1n) is 13.5. The lowest BCUT2D eigenvalue weighted by Gasteiger charge is -2.33. The molecule has 0 saturated heterocycles. The van der Waals surface area contributed by atoms with Gasteiger partial charge >= 0.3 is 0 Å². The van der Waals surface area contributed by atoms with Gasteiger partial charge in [0.2, 0.25) is 11.8 Å². The van der Waals surface area contributed by atoms with Crippen molar-refractivity contribution in [3.05, 3.63) is 84.2 Å². The van der Waals surface area contributed by atoms with Crippen molar-refractivity contribution in [1.29, 1.82) is 0 Å². The summed E-state index contributed by atoms with van der Waals surface area (Å²) in [5.74, 6) is -1.12. The molecule has 8 nitrogen and oxygen atoms in total. The van der Waals surface area contributed by atoms with Gasteiger partial charge in [-0.15, -0.1) is 11.8 Å². The molecule has 0 aromatic heterocycles. The number of rotatable bonds is 12. The van der Waals surface area contributed by atoms with Gasteiger partial charge in [-0.25, -0.2) is 12.8 Å². The Hall–Kier alpha value is -3.57. The lowest BCUT2D eigenvalue weighted by molar-refractivity contribution is -0.140. The summed E-state index contributed by atoms with van der Waals surface area (Å²) in [7, 11) is -4.23. The molecule has 0 aliphatic carbocycles. The van der Waals surface area contributed by atoms with E-state index >= 15 is 0 Å². The minimum absolute atomic E-state index is 0.00108. The van der Waals surface area contributed by atoms with Crippen molar-refractivity contribution in [2.75, 3.05) is 23.7 Å². The Morgan fingerprint density at radius 1 is 1.00 bits per heavy atom. The molecule has 0 spiro atoms. The predicted octanol–water partition coefficient (Wildman–Crippen LogP) is 5.47. The van der Waals surface area contributed by atoms with Crippen molar-refractivity contribution in [1.82, 2.24) is 10.2 Å². The highest BCUT2D eigenvalue weighted by atomic mass is 32.2. The van der Waals surface area contributed by atoms with Gasteiger partial charge < -0.3 is 15.0 Å². The molecule has 0 radical (unpaired) electrons. The Bertz CT molecular complexity index is 1470. The summed E-state index contributed by atoms with van der Waals surface area (Å²) in [5, 5.41) is 2.85. The van der Waals surface area contributed by atoms with Crippen LogP contribution in [-0.2, 0) is 26.2 Å². The summed E-state index contributed by atoms with van der Waals surface area (Å²) in [5.41, 5.74) is -0.152. The number of anilines is 1. The highest BCUT2D eigenvalue weighted by Gasteiger charge is 2.33. The number of halogens is 1. The third-order valence-electron chi connectivity index (χ3n) is 6.33. The van der Waals surface area contributed by atoms with E-state index in [2.05, 4.69) is 5.32 Å². The fourth-order valence-corrected chi connectivity index (χ4v) is 5.97. The number of sulfonamides is 1. The van der Waals surface area contributed by atoms with Gasteiger partial charge in [0.05, 0.1) is 17.2 Å². The number of ether oxygens (including phenoxy) is 1. The first kappa shape index (κ1) is 32.9. The van der Waals surface area contributed by atoms with Crippen molar-refractivity contribution < 1.29 is 27.1 Å². The fourth-order valence-electron chi connectivity index (χ4n) is 4.15. The number of benzene rings is 3. The number of carbonyl (C=O) groups excluding carboxylic acids is 2. The molecule has 0 heterocycles. The summed E-state index contributed by atoms with van der Waals surface area (Å²) in [6.45, 7) is 8.38. The summed E-state index contributed by atoms with van der Waals surface area (Å²) < 4.78 is 49.2. The van der Waals surface area contributed by atoms with E-state index < -0.39 is 45.8 Å². The molecular formula is C31H38FN3O5S2. The monoisotopic (exact) mass is 615 g/mol. The molecule has 0 bridgehead atoms. The van der Waals surface area contributed by atoms with Crippen molar-refractivity contribution in [3.8, 4) is 5.75 Å². The molecule has 2 amide bonds. The maximum atomic E-state index is 14.7. The summed E-state index contributed by atoms with van der Waals surface area (Å²) in [6, 6.07) is 17.7. The predicted molar refractivity (Wildman–Crippen MR) is 165 cm³/mol. The molecule has 1 N–H and O–H groups in total. The van der Waals surface area contributed by atoms with E-state index in [9.17, 15) is 22.4 Å². The molecule has 3 aromatic rings. The molecule has 226 valence electrons. The number of hydrogen-bond acceptors (Lipinski definition) is 6. The van der Waals surface area contributed by atoms with E-state index in [1.807, 2.05) is 34.0 Å². The molecule has 3 rings (SSSR count). The second kappa shape index (κ2) is 14.1. The molecule has 42 heavy (non-hydrogen) atoms. The Morgan fingerprint density at radius 3 is 2.17 bits per heavy atom. The van der Waals surface area contributed by atoms with Gasteiger partial charge in [-0.05, 0) is 95.5 Å². The standard InChI is InChI=1S/C31H38FN3O5S2/c1-7-40-25-14-12-24(13-15-25)35(42(38,39)27-18-16-26(41-6)17-19-27)21-29(36)34(20-23-10-8-9-11-28(23)32)22(2)30(37)33-31(3,4)5/h8-19,22H,7,20-21H2,1-6H3,(H,33,37)/t22-/m1/s1. The van der Waals surface area contributed by atoms with Crippen LogP contribution in [0.1, 0.15) is 40.2 Å². The van der Waals surface area contributed by atoms with E-state index in [1.165, 1.54) is 53.9 Å². The number of amides is 2. The number of hydrogen-bond donors (Lipinski definition) is 1. The molecule has 3 aromatic carbocycles. The van der Waals surface area contributed by atoms with Gasteiger partial charge in [-0.1, -0.05) is 18.2 Å². The van der Waals surface area contributed by atoms with Crippen molar-refractivity contribution in [2.45, 2.75) is 62.5 Å². The van der Waals surface area contributed by atoms with Gasteiger partial charge in [0.25, 0.3) is 10.0 Å². The molecule has 0 saturated carbocycles. The molecular weight excluding hydrogens is 577 g/mol. The largest absolute Gasteiger partial charge is 0.494 e. The van der Waals surface area contributed by atoms with Crippen LogP contribution >= 0.6 is 11.8 Å². The zero-order valence-corrected chi connectivity index (χ0v) is 26.4. The first-order valence-corrected chi connectivity index (χ1v) is 16.2.